The molecule has 9 nitrogen and oxygen atoms in total. The fourth-order valence-corrected chi connectivity index (χ4v) is 4.86. The molecule has 2 fully saturated rings. The van der Waals surface area contributed by atoms with E-state index >= 15 is 0 Å². The summed E-state index contributed by atoms with van der Waals surface area (Å²) in [6, 6.07) is 9.31. The molecule has 2 aromatic carbocycles. The maximum absolute atomic E-state index is 13.6. The van der Waals surface area contributed by atoms with Crippen molar-refractivity contribution in [2.45, 2.75) is 13.0 Å². The van der Waals surface area contributed by atoms with E-state index in [9.17, 15) is 13.6 Å². The van der Waals surface area contributed by atoms with Crippen molar-refractivity contribution in [3.05, 3.63) is 65.5 Å². The highest BCUT2D eigenvalue weighted by molar-refractivity contribution is 5.56. The zero-order valence-corrected chi connectivity index (χ0v) is 19.5. The third kappa shape index (κ3) is 4.94. The summed E-state index contributed by atoms with van der Waals surface area (Å²) in [6.07, 6.45) is 2.44. The molecule has 2 aliphatic heterocycles. The van der Waals surface area contributed by atoms with Crippen molar-refractivity contribution in [1.82, 2.24) is 25.1 Å². The molecule has 2 N–H and O–H groups in total. The van der Waals surface area contributed by atoms with Gasteiger partial charge in [0.05, 0.1) is 31.5 Å². The van der Waals surface area contributed by atoms with E-state index in [4.69, 9.17) is 4.74 Å². The highest BCUT2D eigenvalue weighted by Crippen LogP contribution is 2.31. The van der Waals surface area contributed by atoms with Crippen LogP contribution in [0.3, 0.4) is 0 Å². The molecule has 1 unspecified atom stereocenters. The topological polar surface area (TPSA) is 84.3 Å². The number of hydrogen-bond acceptors (Lipinski definition) is 7. The second kappa shape index (κ2) is 9.78. The first-order valence-electron chi connectivity index (χ1n) is 11.6. The van der Waals surface area contributed by atoms with Gasteiger partial charge in [0.1, 0.15) is 31.1 Å². The van der Waals surface area contributed by atoms with Crippen LogP contribution in [0.5, 0.6) is 0 Å². The van der Waals surface area contributed by atoms with Crippen LogP contribution in [-0.4, -0.2) is 76.7 Å². The average Bonchev–Trinajstić information content (AvgIpc) is 3.32. The van der Waals surface area contributed by atoms with Crippen LogP contribution in [0.15, 0.2) is 42.7 Å². The minimum atomic E-state index is -0.685. The molecule has 5 rings (SSSR count). The van der Waals surface area contributed by atoms with Gasteiger partial charge in [0.2, 0.25) is 5.95 Å². The second-order valence-electron chi connectivity index (χ2n) is 8.93. The lowest BCUT2D eigenvalue weighted by atomic mass is 10.0. The third-order valence-electron chi connectivity index (χ3n) is 6.51. The summed E-state index contributed by atoms with van der Waals surface area (Å²) in [5, 5.41) is 13.2. The number of amides is 1. The zero-order chi connectivity index (χ0) is 24.4. The number of rotatable bonds is 6. The Morgan fingerprint density at radius 3 is 2.66 bits per heavy atom. The van der Waals surface area contributed by atoms with Crippen molar-refractivity contribution in [2.24, 2.45) is 0 Å². The van der Waals surface area contributed by atoms with Gasteiger partial charge in [-0.3, -0.25) is 0 Å². The molecule has 3 heterocycles. The highest BCUT2D eigenvalue weighted by Gasteiger charge is 2.43. The quantitative estimate of drug-likeness (QED) is 0.411. The van der Waals surface area contributed by atoms with Crippen molar-refractivity contribution < 1.29 is 22.9 Å². The van der Waals surface area contributed by atoms with Crippen molar-refractivity contribution in [1.29, 1.82) is 0 Å². The van der Waals surface area contributed by atoms with Gasteiger partial charge in [0, 0.05) is 24.8 Å². The molecule has 0 radical (unpaired) electrons. The number of aromatic nitrogens is 3. The molecular weight excluding hydrogens is 456 g/mol. The number of benzene rings is 2. The summed E-state index contributed by atoms with van der Waals surface area (Å²) < 4.78 is 34.3. The lowest BCUT2D eigenvalue weighted by Crippen LogP contribution is -2.68. The fourth-order valence-electron chi connectivity index (χ4n) is 4.86. The van der Waals surface area contributed by atoms with E-state index < -0.39 is 11.6 Å². The summed E-state index contributed by atoms with van der Waals surface area (Å²) in [4.78, 5) is 16.5. The Balaban J connectivity index is 1.41. The molecule has 1 atom stereocenters. The Bertz CT molecular complexity index is 1190. The normalized spacial score (nSPS) is 20.5. The van der Waals surface area contributed by atoms with E-state index in [2.05, 4.69) is 31.8 Å². The van der Waals surface area contributed by atoms with Crippen molar-refractivity contribution in [3.8, 4) is 5.69 Å². The maximum Gasteiger partial charge on any atom is 0.321 e. The van der Waals surface area contributed by atoms with Gasteiger partial charge in [-0.1, -0.05) is 6.07 Å². The standard InChI is InChI=1S/C24H28F2N7O2/c1-17-8-18(23-14-27-2-3-32(23)33(16-34)4-6-35-7-5-33)10-21(9-17)29-24-28-15-31(30-24)22-12-19(25)11-20(26)13-22/h8-13,15-16,23,27H,2-7,14H2,1H3,(H,29,30)/q+1. The monoisotopic (exact) mass is 484 g/mol. The van der Waals surface area contributed by atoms with E-state index in [1.54, 1.807) is 0 Å². The SMILES string of the molecule is Cc1cc(Nc2ncn(-c3cc(F)cc(F)c3)n2)cc(C2CNCCN2[N+]2(C=O)CCOCC2)c1. The van der Waals surface area contributed by atoms with E-state index in [1.807, 2.05) is 19.1 Å². The van der Waals surface area contributed by atoms with Gasteiger partial charge in [0.15, 0.2) is 0 Å². The summed E-state index contributed by atoms with van der Waals surface area (Å²) in [6.45, 7) is 6.64. The van der Waals surface area contributed by atoms with Crippen molar-refractivity contribution in [3.63, 3.8) is 0 Å². The zero-order valence-electron chi connectivity index (χ0n) is 19.5. The van der Waals surface area contributed by atoms with Gasteiger partial charge >= 0.3 is 6.41 Å². The first-order valence-corrected chi connectivity index (χ1v) is 11.6. The molecule has 0 aliphatic carbocycles. The van der Waals surface area contributed by atoms with E-state index in [0.29, 0.717) is 32.3 Å². The number of aryl methyl sites for hydroxylation is 1. The first kappa shape index (κ1) is 23.5. The molecule has 0 saturated carbocycles. The van der Waals surface area contributed by atoms with Crippen LogP contribution in [0, 0.1) is 18.6 Å². The lowest BCUT2D eigenvalue weighted by molar-refractivity contribution is -0.973. The summed E-state index contributed by atoms with van der Waals surface area (Å²) in [5.74, 6) is -1.07. The number of anilines is 2. The second-order valence-corrected chi connectivity index (χ2v) is 8.93. The number of carbonyl (C=O) groups is 1. The number of hydrogen-bond donors (Lipinski definition) is 2. The highest BCUT2D eigenvalue weighted by atomic mass is 19.1. The minimum Gasteiger partial charge on any atom is -0.370 e. The van der Waals surface area contributed by atoms with E-state index in [-0.39, 0.29) is 16.3 Å². The minimum absolute atomic E-state index is 0.00622. The number of halogens is 2. The van der Waals surface area contributed by atoms with Gasteiger partial charge < -0.3 is 15.4 Å². The van der Waals surface area contributed by atoms with Crippen LogP contribution >= 0.6 is 0 Å². The van der Waals surface area contributed by atoms with Crippen LogP contribution in [-0.2, 0) is 9.53 Å². The Morgan fingerprint density at radius 1 is 1.14 bits per heavy atom. The first-order chi connectivity index (χ1) is 17.0. The van der Waals surface area contributed by atoms with E-state index in [1.165, 1.54) is 23.1 Å². The number of morpholine rings is 1. The molecule has 3 aromatic rings. The van der Waals surface area contributed by atoms with Crippen LogP contribution in [0.1, 0.15) is 17.2 Å². The molecule has 11 heteroatoms. The largest absolute Gasteiger partial charge is 0.370 e. The number of piperazine rings is 1. The lowest BCUT2D eigenvalue weighted by Gasteiger charge is -2.48. The maximum atomic E-state index is 13.6. The Hall–Kier alpha value is -3.25. The average molecular weight is 485 g/mol. The van der Waals surface area contributed by atoms with Gasteiger partial charge in [-0.15, -0.1) is 10.1 Å². The Kier molecular flexibility index (Phi) is 6.56. The number of ether oxygens (including phenoxy) is 1. The molecule has 1 aromatic heterocycles. The molecule has 35 heavy (non-hydrogen) atoms. The van der Waals surface area contributed by atoms with Gasteiger partial charge in [-0.2, -0.15) is 9.58 Å². The molecule has 0 bridgehead atoms. The molecule has 1 amide bonds. The number of quaternary nitrogens is 1. The van der Waals surface area contributed by atoms with Crippen LogP contribution < -0.4 is 10.6 Å². The Labute approximate surface area is 201 Å². The number of nitrogens with one attached hydrogen (secondary N) is 2. The fraction of sp³-hybridized carbons (Fsp3) is 0.375. The van der Waals surface area contributed by atoms with Crippen LogP contribution in [0.25, 0.3) is 5.69 Å². The summed E-state index contributed by atoms with van der Waals surface area (Å²) in [5.41, 5.74) is 3.14. The molecule has 0 spiro atoms. The predicted molar refractivity (Wildman–Crippen MR) is 125 cm³/mol. The predicted octanol–water partition coefficient (Wildman–Crippen LogP) is 2.46. The summed E-state index contributed by atoms with van der Waals surface area (Å²) >= 11 is 0. The molecule has 2 saturated heterocycles. The third-order valence-corrected chi connectivity index (χ3v) is 6.51. The van der Waals surface area contributed by atoms with Crippen molar-refractivity contribution >= 4 is 18.0 Å². The van der Waals surface area contributed by atoms with Gasteiger partial charge in [0.25, 0.3) is 0 Å². The van der Waals surface area contributed by atoms with Crippen molar-refractivity contribution in [2.75, 3.05) is 51.3 Å². The van der Waals surface area contributed by atoms with Gasteiger partial charge in [-0.05, 0) is 42.3 Å². The summed E-state index contributed by atoms with van der Waals surface area (Å²) in [7, 11) is 0. The number of carbonyl (C=O) groups excluding carboxylic acids is 1. The Morgan fingerprint density at radius 2 is 1.91 bits per heavy atom. The molecule has 2 aliphatic rings. The molecular formula is C24H28F2N7O2+. The van der Waals surface area contributed by atoms with E-state index in [0.717, 1.165) is 48.9 Å². The van der Waals surface area contributed by atoms with Crippen LogP contribution in [0.2, 0.25) is 0 Å². The van der Waals surface area contributed by atoms with Crippen LogP contribution in [0.4, 0.5) is 20.4 Å². The molecule has 184 valence electrons. The number of nitrogens with zero attached hydrogens (tertiary/aromatic N) is 5. The van der Waals surface area contributed by atoms with Gasteiger partial charge in [-0.25, -0.2) is 18.3 Å². The smallest absolute Gasteiger partial charge is 0.321 e.